The Morgan fingerprint density at radius 2 is 2.03 bits per heavy atom. The number of imidazole rings is 1. The first-order valence-electron chi connectivity index (χ1n) is 10.7. The summed E-state index contributed by atoms with van der Waals surface area (Å²) in [7, 11) is 0. The molecule has 34 heavy (non-hydrogen) atoms. The molecule has 176 valence electrons. The van der Waals surface area contributed by atoms with Crippen LogP contribution in [0.4, 0.5) is 13.2 Å². The molecule has 7 nitrogen and oxygen atoms in total. The summed E-state index contributed by atoms with van der Waals surface area (Å²) in [5.74, 6) is -1.04. The third-order valence-corrected chi connectivity index (χ3v) is 6.17. The van der Waals surface area contributed by atoms with E-state index < -0.39 is 41.5 Å². The summed E-state index contributed by atoms with van der Waals surface area (Å²) in [6.45, 7) is 2.74. The minimum Gasteiger partial charge on any atom is -0.378 e. The molecule has 6 rings (SSSR count). The molecule has 2 amide bonds. The van der Waals surface area contributed by atoms with E-state index in [2.05, 4.69) is 22.1 Å². The number of aromatic nitrogens is 2. The molecule has 2 atom stereocenters. The first-order chi connectivity index (χ1) is 15.9. The van der Waals surface area contributed by atoms with Crippen LogP contribution in [-0.2, 0) is 11.3 Å². The molecule has 0 spiro atoms. The first kappa shape index (κ1) is 22.2. The number of hydrogen-bond acceptors (Lipinski definition) is 4. The summed E-state index contributed by atoms with van der Waals surface area (Å²) in [6, 6.07) is 2.62. The number of rotatable bonds is 4. The van der Waals surface area contributed by atoms with Crippen LogP contribution in [0.25, 0.3) is 17.0 Å². The SMILES string of the molecule is CC(C)(O)C#Cc1cc2c(cc1F)C1=CC(C1)n1c-2nc(C(N)=O)c1CNC(=O)C1CC1(F)F. The number of nitrogens with one attached hydrogen (secondary N) is 1. The fourth-order valence-corrected chi connectivity index (χ4v) is 4.30. The van der Waals surface area contributed by atoms with Crippen molar-refractivity contribution in [2.75, 3.05) is 0 Å². The maximum Gasteiger partial charge on any atom is 0.269 e. The van der Waals surface area contributed by atoms with E-state index in [1.807, 2.05) is 6.08 Å². The Balaban J connectivity index is 1.59. The highest BCUT2D eigenvalue weighted by atomic mass is 19.3. The summed E-state index contributed by atoms with van der Waals surface area (Å²) in [6.07, 6.45) is 1.92. The first-order valence-corrected chi connectivity index (χ1v) is 10.7. The second-order valence-electron chi connectivity index (χ2n) is 9.35. The topological polar surface area (TPSA) is 110 Å². The van der Waals surface area contributed by atoms with Gasteiger partial charge in [0.1, 0.15) is 23.2 Å². The van der Waals surface area contributed by atoms with Gasteiger partial charge in [0.15, 0.2) is 5.69 Å². The lowest BCUT2D eigenvalue weighted by molar-refractivity contribution is -0.124. The molecule has 1 aromatic heterocycles. The van der Waals surface area contributed by atoms with Crippen LogP contribution >= 0.6 is 0 Å². The van der Waals surface area contributed by atoms with Gasteiger partial charge < -0.3 is 20.7 Å². The van der Waals surface area contributed by atoms with Crippen molar-refractivity contribution in [1.82, 2.24) is 14.9 Å². The Kier molecular flexibility index (Phi) is 4.71. The van der Waals surface area contributed by atoms with Gasteiger partial charge in [-0.05, 0) is 43.5 Å². The zero-order valence-electron chi connectivity index (χ0n) is 18.4. The van der Waals surface area contributed by atoms with Gasteiger partial charge in [-0.2, -0.15) is 0 Å². The summed E-state index contributed by atoms with van der Waals surface area (Å²) < 4.78 is 43.1. The van der Waals surface area contributed by atoms with E-state index in [0.717, 1.165) is 5.57 Å². The molecule has 1 aromatic carbocycles. The molecule has 4 aliphatic rings. The summed E-state index contributed by atoms with van der Waals surface area (Å²) in [5.41, 5.74) is 6.45. The molecule has 4 N–H and O–H groups in total. The van der Waals surface area contributed by atoms with E-state index in [1.54, 1.807) is 4.57 Å². The molecule has 3 heterocycles. The van der Waals surface area contributed by atoms with Crippen LogP contribution in [0.5, 0.6) is 0 Å². The van der Waals surface area contributed by atoms with Crippen LogP contribution in [-0.4, -0.2) is 38.0 Å². The van der Waals surface area contributed by atoms with Crippen molar-refractivity contribution in [2.24, 2.45) is 11.7 Å². The molecule has 2 aliphatic carbocycles. The average molecular weight is 470 g/mol. The van der Waals surface area contributed by atoms with Crippen LogP contribution in [0.3, 0.4) is 0 Å². The molecule has 0 radical (unpaired) electrons. The number of hydrogen-bond donors (Lipinski definition) is 3. The molecule has 2 aromatic rings. The number of nitrogens with zero attached hydrogens (tertiary/aromatic N) is 2. The zero-order valence-corrected chi connectivity index (χ0v) is 18.4. The monoisotopic (exact) mass is 470 g/mol. The van der Waals surface area contributed by atoms with Gasteiger partial charge in [0, 0.05) is 12.0 Å². The van der Waals surface area contributed by atoms with Crippen molar-refractivity contribution in [3.8, 4) is 23.2 Å². The predicted octanol–water partition coefficient (Wildman–Crippen LogP) is 2.52. The van der Waals surface area contributed by atoms with E-state index in [0.29, 0.717) is 29.1 Å². The van der Waals surface area contributed by atoms with Gasteiger partial charge in [0.2, 0.25) is 5.91 Å². The molecular formula is C24H21F3N4O3. The van der Waals surface area contributed by atoms with Crippen LogP contribution in [0.2, 0.25) is 0 Å². The number of nitrogens with two attached hydrogens (primary N) is 1. The average Bonchev–Trinajstić information content (AvgIpc) is 3.25. The van der Waals surface area contributed by atoms with Crippen molar-refractivity contribution in [2.45, 2.75) is 50.8 Å². The second kappa shape index (κ2) is 7.21. The lowest BCUT2D eigenvalue weighted by Crippen LogP contribution is -2.30. The lowest BCUT2D eigenvalue weighted by atomic mass is 9.86. The van der Waals surface area contributed by atoms with Gasteiger partial charge in [-0.25, -0.2) is 18.2 Å². The van der Waals surface area contributed by atoms with E-state index in [-0.39, 0.29) is 23.8 Å². The molecule has 1 fully saturated rings. The Morgan fingerprint density at radius 1 is 1.35 bits per heavy atom. The highest BCUT2D eigenvalue weighted by Gasteiger charge is 2.61. The molecule has 1 saturated carbocycles. The van der Waals surface area contributed by atoms with Gasteiger partial charge in [0.25, 0.3) is 11.8 Å². The maximum atomic E-state index is 14.8. The van der Waals surface area contributed by atoms with Gasteiger partial charge in [-0.15, -0.1) is 0 Å². The van der Waals surface area contributed by atoms with Gasteiger partial charge in [-0.1, -0.05) is 17.9 Å². The van der Waals surface area contributed by atoms with Crippen molar-refractivity contribution < 1.29 is 27.9 Å². The van der Waals surface area contributed by atoms with Crippen molar-refractivity contribution >= 4 is 17.4 Å². The minimum absolute atomic E-state index is 0.0431. The molecular weight excluding hydrogens is 449 g/mol. The Bertz CT molecular complexity index is 1360. The van der Waals surface area contributed by atoms with Crippen molar-refractivity contribution in [3.63, 3.8) is 0 Å². The Labute approximate surface area is 192 Å². The molecule has 2 unspecified atom stereocenters. The highest BCUT2D eigenvalue weighted by Crippen LogP contribution is 2.49. The highest BCUT2D eigenvalue weighted by molar-refractivity contribution is 5.94. The van der Waals surface area contributed by atoms with Crippen molar-refractivity contribution in [3.05, 3.63) is 46.5 Å². The van der Waals surface area contributed by atoms with Crippen molar-refractivity contribution in [1.29, 1.82) is 0 Å². The number of amides is 2. The second-order valence-corrected chi connectivity index (χ2v) is 9.35. The van der Waals surface area contributed by atoms with Gasteiger partial charge in [-0.3, -0.25) is 9.59 Å². The molecule has 0 saturated heterocycles. The van der Waals surface area contributed by atoms with E-state index in [4.69, 9.17) is 5.73 Å². The number of carbonyl (C=O) groups excluding carboxylic acids is 2. The Hall–Kier alpha value is -3.58. The minimum atomic E-state index is -3.01. The standard InChI is InChI=1S/C24H21F3N4O3/c1-23(2,34)4-3-11-7-15-14(8-17(11)25)12-5-13(6-12)31-18(19(20(28)32)30-21(15)31)10-29-22(33)16-9-24(16,26)27/h5,7-8,13,16,34H,6,9-10H2,1-2H3,(H2,28,32)(H,29,33). The molecule has 2 aliphatic heterocycles. The van der Waals surface area contributed by atoms with E-state index >= 15 is 0 Å². The van der Waals surface area contributed by atoms with E-state index in [1.165, 1.54) is 26.0 Å². The van der Waals surface area contributed by atoms with Gasteiger partial charge in [0.05, 0.1) is 23.8 Å². The van der Waals surface area contributed by atoms with Crippen LogP contribution < -0.4 is 11.1 Å². The number of primary amides is 1. The molecule has 2 bridgehead atoms. The normalized spacial score (nSPS) is 21.1. The number of alkyl halides is 2. The van der Waals surface area contributed by atoms with Gasteiger partial charge >= 0.3 is 0 Å². The van der Waals surface area contributed by atoms with Crippen LogP contribution in [0.1, 0.15) is 60.0 Å². The van der Waals surface area contributed by atoms with E-state index in [9.17, 15) is 27.9 Å². The third kappa shape index (κ3) is 3.66. The van der Waals surface area contributed by atoms with Crippen LogP contribution in [0, 0.1) is 23.6 Å². The summed E-state index contributed by atoms with van der Waals surface area (Å²) in [4.78, 5) is 28.7. The smallest absolute Gasteiger partial charge is 0.269 e. The lowest BCUT2D eigenvalue weighted by Gasteiger charge is -2.26. The summed E-state index contributed by atoms with van der Waals surface area (Å²) >= 11 is 0. The van der Waals surface area contributed by atoms with Crippen LogP contribution in [0.15, 0.2) is 18.2 Å². The number of allylic oxidation sites excluding steroid dienone is 2. The number of halogens is 3. The fraction of sp³-hybridized carbons (Fsp3) is 0.375. The number of aliphatic hydroxyl groups is 1. The fourth-order valence-electron chi connectivity index (χ4n) is 4.30. The number of carbonyl (C=O) groups is 2. The summed E-state index contributed by atoms with van der Waals surface area (Å²) in [5, 5.41) is 12.4. The predicted molar refractivity (Wildman–Crippen MR) is 116 cm³/mol. The number of benzene rings is 1. The third-order valence-electron chi connectivity index (χ3n) is 6.17. The molecule has 10 heteroatoms. The zero-order chi connectivity index (χ0) is 24.6. The Morgan fingerprint density at radius 3 is 2.62 bits per heavy atom. The quantitative estimate of drug-likeness (QED) is 0.597. The maximum absolute atomic E-state index is 14.8. The largest absolute Gasteiger partial charge is 0.378 e.